The molecular formula is C16H22N4OS. The van der Waals surface area contributed by atoms with Crippen LogP contribution in [0.4, 0.5) is 5.82 Å². The Labute approximate surface area is 134 Å². The van der Waals surface area contributed by atoms with E-state index in [-0.39, 0.29) is 12.1 Å². The summed E-state index contributed by atoms with van der Waals surface area (Å²) in [7, 11) is 0. The molecule has 0 saturated carbocycles. The zero-order chi connectivity index (χ0) is 15.1. The number of piperidine rings is 1. The van der Waals surface area contributed by atoms with Crippen molar-refractivity contribution in [1.82, 2.24) is 14.9 Å². The van der Waals surface area contributed by atoms with Crippen LogP contribution < -0.4 is 4.90 Å². The van der Waals surface area contributed by atoms with Crippen LogP contribution in [0.1, 0.15) is 25.1 Å². The Morgan fingerprint density at radius 3 is 2.82 bits per heavy atom. The zero-order valence-electron chi connectivity index (χ0n) is 12.9. The van der Waals surface area contributed by atoms with E-state index in [1.807, 2.05) is 6.92 Å². The quantitative estimate of drug-likeness (QED) is 0.918. The molecule has 5 nitrogen and oxygen atoms in total. The number of aromatic nitrogens is 2. The second-order valence-electron chi connectivity index (χ2n) is 6.37. The largest absolute Gasteiger partial charge is 0.390 e. The number of aliphatic hydroxyl groups excluding tert-OH is 1. The number of anilines is 1. The number of β-amino-alcohol motifs (C(OH)–C–C–N with tert-alkyl or cyclic N) is 1. The molecule has 22 heavy (non-hydrogen) atoms. The molecule has 0 aromatic carbocycles. The van der Waals surface area contributed by atoms with Crippen LogP contribution in [-0.2, 0) is 0 Å². The van der Waals surface area contributed by atoms with Gasteiger partial charge in [-0.05, 0) is 44.3 Å². The van der Waals surface area contributed by atoms with Gasteiger partial charge in [-0.3, -0.25) is 4.90 Å². The highest BCUT2D eigenvalue weighted by molar-refractivity contribution is 7.16. The summed E-state index contributed by atoms with van der Waals surface area (Å²) >= 11 is 1.65. The minimum absolute atomic E-state index is 0.240. The smallest absolute Gasteiger partial charge is 0.141 e. The van der Waals surface area contributed by atoms with Crippen LogP contribution in [-0.4, -0.2) is 58.3 Å². The predicted molar refractivity (Wildman–Crippen MR) is 89.6 cm³/mol. The van der Waals surface area contributed by atoms with Gasteiger partial charge >= 0.3 is 0 Å². The fraction of sp³-hybridized carbons (Fsp3) is 0.625. The van der Waals surface area contributed by atoms with Crippen molar-refractivity contribution in [2.75, 3.05) is 31.1 Å². The number of hydrogen-bond acceptors (Lipinski definition) is 6. The first-order valence-electron chi connectivity index (χ1n) is 8.11. The number of aliphatic hydroxyl groups is 1. The van der Waals surface area contributed by atoms with Gasteiger partial charge in [-0.15, -0.1) is 11.3 Å². The molecule has 4 rings (SSSR count). The lowest BCUT2D eigenvalue weighted by Crippen LogP contribution is -2.45. The third-order valence-electron chi connectivity index (χ3n) is 4.83. The molecule has 2 aliphatic rings. The molecule has 2 atom stereocenters. The Morgan fingerprint density at radius 2 is 2.00 bits per heavy atom. The summed E-state index contributed by atoms with van der Waals surface area (Å²) in [5.74, 6) is 1.79. The molecule has 1 N–H and O–H groups in total. The summed E-state index contributed by atoms with van der Waals surface area (Å²) in [6.07, 6.45) is 3.54. The van der Waals surface area contributed by atoms with Crippen molar-refractivity contribution in [1.29, 1.82) is 0 Å². The highest BCUT2D eigenvalue weighted by Gasteiger charge is 2.37. The van der Waals surface area contributed by atoms with Gasteiger partial charge in [0.15, 0.2) is 0 Å². The number of hydrogen-bond donors (Lipinski definition) is 1. The van der Waals surface area contributed by atoms with Crippen molar-refractivity contribution >= 4 is 27.4 Å². The van der Waals surface area contributed by atoms with Gasteiger partial charge < -0.3 is 10.0 Å². The standard InChI is InChI=1S/C16H22N4OS/c1-11-17-15(12-5-8-22-16(12)18-11)20-9-13(14(21)10-20)19-6-3-2-4-7-19/h5,8,13-14,21H,2-4,6-7,9-10H2,1H3/t13-,14-/m0/s1. The second kappa shape index (κ2) is 5.76. The maximum atomic E-state index is 10.5. The molecular weight excluding hydrogens is 296 g/mol. The molecule has 2 fully saturated rings. The molecule has 0 radical (unpaired) electrons. The Hall–Kier alpha value is -1.24. The van der Waals surface area contributed by atoms with Crippen molar-refractivity contribution in [2.45, 2.75) is 38.3 Å². The molecule has 0 aliphatic carbocycles. The number of nitrogens with zero attached hydrogens (tertiary/aromatic N) is 4. The molecule has 2 aliphatic heterocycles. The fourth-order valence-electron chi connectivity index (χ4n) is 3.74. The van der Waals surface area contributed by atoms with Crippen LogP contribution in [0.25, 0.3) is 10.2 Å². The van der Waals surface area contributed by atoms with Gasteiger partial charge in [-0.1, -0.05) is 6.42 Å². The first-order chi connectivity index (χ1) is 10.7. The van der Waals surface area contributed by atoms with Crippen LogP contribution in [0.3, 0.4) is 0 Å². The lowest BCUT2D eigenvalue weighted by molar-refractivity contribution is 0.0706. The van der Waals surface area contributed by atoms with E-state index in [9.17, 15) is 5.11 Å². The summed E-state index contributed by atoms with van der Waals surface area (Å²) in [5, 5.41) is 13.7. The summed E-state index contributed by atoms with van der Waals surface area (Å²) in [6, 6.07) is 2.33. The highest BCUT2D eigenvalue weighted by Crippen LogP contribution is 2.31. The summed E-state index contributed by atoms with van der Waals surface area (Å²) in [6.45, 7) is 5.71. The van der Waals surface area contributed by atoms with Gasteiger partial charge in [0.1, 0.15) is 16.5 Å². The minimum Gasteiger partial charge on any atom is -0.390 e. The van der Waals surface area contributed by atoms with E-state index in [1.165, 1.54) is 19.3 Å². The van der Waals surface area contributed by atoms with Crippen LogP contribution in [0.15, 0.2) is 11.4 Å². The van der Waals surface area contributed by atoms with Crippen molar-refractivity contribution in [3.05, 3.63) is 17.3 Å². The van der Waals surface area contributed by atoms with Crippen molar-refractivity contribution < 1.29 is 5.11 Å². The van der Waals surface area contributed by atoms with Gasteiger partial charge in [0.25, 0.3) is 0 Å². The monoisotopic (exact) mass is 318 g/mol. The average molecular weight is 318 g/mol. The van der Waals surface area contributed by atoms with Crippen LogP contribution in [0, 0.1) is 6.92 Å². The number of rotatable bonds is 2. The first-order valence-corrected chi connectivity index (χ1v) is 8.99. The maximum absolute atomic E-state index is 10.5. The zero-order valence-corrected chi connectivity index (χ0v) is 13.7. The molecule has 2 aromatic heterocycles. The average Bonchev–Trinajstić information content (AvgIpc) is 3.13. The van der Waals surface area contributed by atoms with Gasteiger partial charge in [-0.2, -0.15) is 0 Å². The Morgan fingerprint density at radius 1 is 1.18 bits per heavy atom. The van der Waals surface area contributed by atoms with E-state index in [2.05, 4.69) is 31.2 Å². The third kappa shape index (κ3) is 2.49. The van der Waals surface area contributed by atoms with E-state index in [0.29, 0.717) is 6.54 Å². The summed E-state index contributed by atoms with van der Waals surface area (Å²) < 4.78 is 0. The summed E-state index contributed by atoms with van der Waals surface area (Å²) in [4.78, 5) is 14.9. The molecule has 118 valence electrons. The lowest BCUT2D eigenvalue weighted by Gasteiger charge is -2.33. The Balaban J connectivity index is 1.61. The third-order valence-corrected chi connectivity index (χ3v) is 5.64. The molecule has 0 bridgehead atoms. The first kappa shape index (κ1) is 14.4. The molecule has 0 spiro atoms. The molecule has 6 heteroatoms. The van der Waals surface area contributed by atoms with E-state index in [0.717, 1.165) is 41.5 Å². The second-order valence-corrected chi connectivity index (χ2v) is 7.26. The van der Waals surface area contributed by atoms with Gasteiger partial charge in [-0.25, -0.2) is 9.97 Å². The van der Waals surface area contributed by atoms with Gasteiger partial charge in [0, 0.05) is 13.1 Å². The summed E-state index contributed by atoms with van der Waals surface area (Å²) in [5.41, 5.74) is 0. The van der Waals surface area contributed by atoms with Crippen molar-refractivity contribution in [2.24, 2.45) is 0 Å². The van der Waals surface area contributed by atoms with Crippen LogP contribution in [0.5, 0.6) is 0 Å². The number of likely N-dealkylation sites (tertiary alicyclic amines) is 1. The molecule has 0 amide bonds. The molecule has 2 aromatic rings. The predicted octanol–water partition coefficient (Wildman–Crippen LogP) is 2.04. The molecule has 2 saturated heterocycles. The lowest BCUT2D eigenvalue weighted by atomic mass is 10.1. The van der Waals surface area contributed by atoms with Crippen molar-refractivity contribution in [3.8, 4) is 0 Å². The Bertz CT molecular complexity index is 667. The molecule has 4 heterocycles. The number of fused-ring (bicyclic) bond motifs is 1. The van der Waals surface area contributed by atoms with E-state index in [4.69, 9.17) is 0 Å². The topological polar surface area (TPSA) is 52.5 Å². The van der Waals surface area contributed by atoms with E-state index < -0.39 is 0 Å². The van der Waals surface area contributed by atoms with Crippen LogP contribution in [0.2, 0.25) is 0 Å². The van der Waals surface area contributed by atoms with Crippen LogP contribution >= 0.6 is 11.3 Å². The number of aryl methyl sites for hydroxylation is 1. The minimum atomic E-state index is -0.290. The van der Waals surface area contributed by atoms with Crippen molar-refractivity contribution in [3.63, 3.8) is 0 Å². The number of thiophene rings is 1. The maximum Gasteiger partial charge on any atom is 0.141 e. The fourth-order valence-corrected chi connectivity index (χ4v) is 4.54. The van der Waals surface area contributed by atoms with E-state index in [1.54, 1.807) is 11.3 Å². The van der Waals surface area contributed by atoms with Gasteiger partial charge in [0.05, 0.1) is 17.5 Å². The Kier molecular flexibility index (Phi) is 3.76. The highest BCUT2D eigenvalue weighted by atomic mass is 32.1. The SMILES string of the molecule is Cc1nc(N2C[C@H](O)[C@@H](N3CCCCC3)C2)c2ccsc2n1. The van der Waals surface area contributed by atoms with Gasteiger partial charge in [0.2, 0.25) is 0 Å². The van der Waals surface area contributed by atoms with E-state index >= 15 is 0 Å². The normalized spacial score (nSPS) is 26.9. The molecule has 0 unspecified atom stereocenters.